The van der Waals surface area contributed by atoms with Crippen LogP contribution in [0.3, 0.4) is 0 Å². The van der Waals surface area contributed by atoms with E-state index in [2.05, 4.69) is 18.2 Å². The zero-order valence-corrected chi connectivity index (χ0v) is 7.12. The number of hydrogen-bond donors (Lipinski definition) is 1. The third-order valence-electron chi connectivity index (χ3n) is 2.32. The normalized spacial score (nSPS) is 16.2. The van der Waals surface area contributed by atoms with Crippen LogP contribution in [0.15, 0.2) is 24.3 Å². The SMILES string of the molecule is CC(O)c1cccc2c1CC=C2. The van der Waals surface area contributed by atoms with E-state index in [1.54, 1.807) is 0 Å². The maximum absolute atomic E-state index is 9.46. The second-order valence-electron chi connectivity index (χ2n) is 3.20. The lowest BCUT2D eigenvalue weighted by Crippen LogP contribution is -1.97. The average molecular weight is 160 g/mol. The van der Waals surface area contributed by atoms with E-state index in [0.717, 1.165) is 12.0 Å². The van der Waals surface area contributed by atoms with Crippen molar-refractivity contribution in [3.05, 3.63) is 41.0 Å². The van der Waals surface area contributed by atoms with Crippen LogP contribution in [0.1, 0.15) is 29.7 Å². The summed E-state index contributed by atoms with van der Waals surface area (Å²) in [5, 5.41) is 9.46. The van der Waals surface area contributed by atoms with Gasteiger partial charge in [0.25, 0.3) is 0 Å². The summed E-state index contributed by atoms with van der Waals surface area (Å²) in [6.45, 7) is 1.81. The van der Waals surface area contributed by atoms with Gasteiger partial charge in [0.15, 0.2) is 0 Å². The van der Waals surface area contributed by atoms with Gasteiger partial charge in [-0.3, -0.25) is 0 Å². The highest BCUT2D eigenvalue weighted by Gasteiger charge is 2.12. The predicted molar refractivity (Wildman–Crippen MR) is 49.8 cm³/mol. The summed E-state index contributed by atoms with van der Waals surface area (Å²) >= 11 is 0. The van der Waals surface area contributed by atoms with E-state index >= 15 is 0 Å². The summed E-state index contributed by atoms with van der Waals surface area (Å²) in [5.41, 5.74) is 3.61. The minimum Gasteiger partial charge on any atom is -0.389 e. The molecule has 1 aliphatic carbocycles. The fourth-order valence-electron chi connectivity index (χ4n) is 1.71. The predicted octanol–water partition coefficient (Wildman–Crippen LogP) is 2.31. The summed E-state index contributed by atoms with van der Waals surface area (Å²) in [7, 11) is 0. The van der Waals surface area contributed by atoms with E-state index in [4.69, 9.17) is 0 Å². The Labute approximate surface area is 72.4 Å². The van der Waals surface area contributed by atoms with Crippen LogP contribution in [0.2, 0.25) is 0 Å². The lowest BCUT2D eigenvalue weighted by Gasteiger charge is -2.10. The van der Waals surface area contributed by atoms with Gasteiger partial charge in [-0.05, 0) is 30.0 Å². The van der Waals surface area contributed by atoms with Crippen molar-refractivity contribution in [3.63, 3.8) is 0 Å². The van der Waals surface area contributed by atoms with Crippen molar-refractivity contribution < 1.29 is 5.11 Å². The fourth-order valence-corrected chi connectivity index (χ4v) is 1.71. The molecular weight excluding hydrogens is 148 g/mol. The Morgan fingerprint density at radius 1 is 1.42 bits per heavy atom. The van der Waals surface area contributed by atoms with Crippen molar-refractivity contribution in [2.24, 2.45) is 0 Å². The van der Waals surface area contributed by atoms with Gasteiger partial charge in [-0.2, -0.15) is 0 Å². The summed E-state index contributed by atoms with van der Waals surface area (Å²) < 4.78 is 0. The van der Waals surface area contributed by atoms with Crippen molar-refractivity contribution in [2.75, 3.05) is 0 Å². The standard InChI is InChI=1S/C11H12O/c1-8(12)10-6-2-4-9-5-3-7-11(9)10/h2-6,8,12H,7H2,1H3. The Bertz CT molecular complexity index is 324. The minimum atomic E-state index is -0.347. The van der Waals surface area contributed by atoms with Crippen LogP contribution in [-0.4, -0.2) is 5.11 Å². The van der Waals surface area contributed by atoms with Crippen molar-refractivity contribution in [1.82, 2.24) is 0 Å². The molecule has 0 amide bonds. The molecule has 1 unspecified atom stereocenters. The molecule has 12 heavy (non-hydrogen) atoms. The molecule has 0 saturated carbocycles. The smallest absolute Gasteiger partial charge is 0.0764 e. The zero-order chi connectivity index (χ0) is 8.55. The maximum atomic E-state index is 9.46. The van der Waals surface area contributed by atoms with Crippen LogP contribution < -0.4 is 0 Å². The molecule has 1 atom stereocenters. The molecule has 1 aliphatic rings. The van der Waals surface area contributed by atoms with E-state index in [9.17, 15) is 5.11 Å². The molecule has 1 aromatic rings. The molecule has 0 saturated heterocycles. The molecule has 62 valence electrons. The molecule has 1 heteroatoms. The Morgan fingerprint density at radius 3 is 3.00 bits per heavy atom. The van der Waals surface area contributed by atoms with E-state index in [1.807, 2.05) is 19.1 Å². The van der Waals surface area contributed by atoms with E-state index in [0.29, 0.717) is 0 Å². The molecule has 0 bridgehead atoms. The molecule has 1 N–H and O–H groups in total. The zero-order valence-electron chi connectivity index (χ0n) is 7.12. The van der Waals surface area contributed by atoms with Gasteiger partial charge in [0, 0.05) is 0 Å². The Hall–Kier alpha value is -1.08. The minimum absolute atomic E-state index is 0.347. The van der Waals surface area contributed by atoms with Crippen molar-refractivity contribution in [2.45, 2.75) is 19.4 Å². The van der Waals surface area contributed by atoms with Gasteiger partial charge in [-0.15, -0.1) is 0 Å². The summed E-state index contributed by atoms with van der Waals surface area (Å²) in [6.07, 6.45) is 4.87. The van der Waals surface area contributed by atoms with Gasteiger partial charge < -0.3 is 5.11 Å². The van der Waals surface area contributed by atoms with Gasteiger partial charge >= 0.3 is 0 Å². The molecule has 0 fully saturated rings. The Balaban J connectivity index is 2.53. The second kappa shape index (κ2) is 2.76. The molecule has 1 nitrogen and oxygen atoms in total. The largest absolute Gasteiger partial charge is 0.389 e. The van der Waals surface area contributed by atoms with Crippen LogP contribution in [0.25, 0.3) is 6.08 Å². The van der Waals surface area contributed by atoms with E-state index < -0.39 is 0 Å². The topological polar surface area (TPSA) is 20.2 Å². The number of fused-ring (bicyclic) bond motifs is 1. The molecule has 0 radical (unpaired) electrons. The monoisotopic (exact) mass is 160 g/mol. The fraction of sp³-hybridized carbons (Fsp3) is 0.273. The first-order valence-corrected chi connectivity index (χ1v) is 4.25. The maximum Gasteiger partial charge on any atom is 0.0764 e. The second-order valence-corrected chi connectivity index (χ2v) is 3.20. The van der Waals surface area contributed by atoms with Crippen LogP contribution >= 0.6 is 0 Å². The first-order valence-electron chi connectivity index (χ1n) is 4.25. The third kappa shape index (κ3) is 1.07. The van der Waals surface area contributed by atoms with Crippen LogP contribution in [0, 0.1) is 0 Å². The van der Waals surface area contributed by atoms with Gasteiger partial charge in [-0.1, -0.05) is 30.4 Å². The molecule has 2 rings (SSSR count). The van der Waals surface area contributed by atoms with Crippen molar-refractivity contribution >= 4 is 6.08 Å². The van der Waals surface area contributed by atoms with E-state index in [-0.39, 0.29) is 6.10 Å². The first kappa shape index (κ1) is 7.56. The van der Waals surface area contributed by atoms with Gasteiger partial charge in [-0.25, -0.2) is 0 Å². The number of benzene rings is 1. The van der Waals surface area contributed by atoms with Gasteiger partial charge in [0.05, 0.1) is 6.10 Å². The van der Waals surface area contributed by atoms with Crippen molar-refractivity contribution in [1.29, 1.82) is 0 Å². The van der Waals surface area contributed by atoms with Gasteiger partial charge in [0.2, 0.25) is 0 Å². The highest BCUT2D eigenvalue weighted by Crippen LogP contribution is 2.26. The molecule has 0 aromatic heterocycles. The first-order chi connectivity index (χ1) is 5.79. The number of rotatable bonds is 1. The average Bonchev–Trinajstić information content (AvgIpc) is 2.49. The molecule has 1 aromatic carbocycles. The molecule has 0 aliphatic heterocycles. The van der Waals surface area contributed by atoms with Crippen LogP contribution in [-0.2, 0) is 6.42 Å². The highest BCUT2D eigenvalue weighted by atomic mass is 16.3. The number of aliphatic hydroxyl groups excluding tert-OH is 1. The summed E-state index contributed by atoms with van der Waals surface area (Å²) in [5.74, 6) is 0. The van der Waals surface area contributed by atoms with Crippen LogP contribution in [0.4, 0.5) is 0 Å². The summed E-state index contributed by atoms with van der Waals surface area (Å²) in [6, 6.07) is 6.08. The quantitative estimate of drug-likeness (QED) is 0.668. The number of aliphatic hydroxyl groups is 1. The lowest BCUT2D eigenvalue weighted by atomic mass is 9.99. The molecular formula is C11H12O. The van der Waals surface area contributed by atoms with Gasteiger partial charge in [0.1, 0.15) is 0 Å². The summed E-state index contributed by atoms with van der Waals surface area (Å²) in [4.78, 5) is 0. The Morgan fingerprint density at radius 2 is 2.25 bits per heavy atom. The third-order valence-corrected chi connectivity index (χ3v) is 2.32. The van der Waals surface area contributed by atoms with E-state index in [1.165, 1.54) is 11.1 Å². The number of hydrogen-bond acceptors (Lipinski definition) is 1. The van der Waals surface area contributed by atoms with Crippen LogP contribution in [0.5, 0.6) is 0 Å². The highest BCUT2D eigenvalue weighted by molar-refractivity contribution is 5.62. The van der Waals surface area contributed by atoms with Crippen molar-refractivity contribution in [3.8, 4) is 0 Å². The number of allylic oxidation sites excluding steroid dienone is 1. The molecule has 0 heterocycles. The Kier molecular flexibility index (Phi) is 1.74. The lowest BCUT2D eigenvalue weighted by molar-refractivity contribution is 0.198. The molecule has 0 spiro atoms.